The van der Waals surface area contributed by atoms with Gasteiger partial charge in [0.1, 0.15) is 36.2 Å². The van der Waals surface area contributed by atoms with Crippen LogP contribution in [0.3, 0.4) is 0 Å². The first kappa shape index (κ1) is 43.8. The number of pyridine rings is 1. The summed E-state index contributed by atoms with van der Waals surface area (Å²) in [5, 5.41) is 21.5. The van der Waals surface area contributed by atoms with E-state index in [0.29, 0.717) is 27.4 Å². The molecule has 54 heavy (non-hydrogen) atoms. The summed E-state index contributed by atoms with van der Waals surface area (Å²) < 4.78 is 43.5. The van der Waals surface area contributed by atoms with Crippen LogP contribution >= 0.6 is 23.7 Å². The molecular formula is C35H38ClF2IN8O6S. The van der Waals surface area contributed by atoms with Gasteiger partial charge in [-0.2, -0.15) is 4.57 Å². The maximum atomic E-state index is 15.3. The van der Waals surface area contributed by atoms with E-state index in [1.165, 1.54) is 51.4 Å². The van der Waals surface area contributed by atoms with Crippen LogP contribution in [0, 0.1) is 11.6 Å². The topological polar surface area (TPSA) is 179 Å². The van der Waals surface area contributed by atoms with Crippen LogP contribution in [-0.2, 0) is 33.0 Å². The van der Waals surface area contributed by atoms with Gasteiger partial charge in [-0.15, -0.1) is 28.4 Å². The number of thiazole rings is 1. The van der Waals surface area contributed by atoms with Crippen LogP contribution in [0.5, 0.6) is 0 Å². The normalized spacial score (nSPS) is 13.0. The Morgan fingerprint density at radius 3 is 2.56 bits per heavy atom. The molecule has 3 heterocycles. The summed E-state index contributed by atoms with van der Waals surface area (Å²) in [6.45, 7) is 2.80. The van der Waals surface area contributed by atoms with E-state index in [-0.39, 0.29) is 67.5 Å². The Morgan fingerprint density at radius 2 is 1.87 bits per heavy atom. The van der Waals surface area contributed by atoms with Gasteiger partial charge in [-0.1, -0.05) is 25.1 Å². The maximum absolute atomic E-state index is 15.3. The van der Waals surface area contributed by atoms with Crippen molar-refractivity contribution < 1.29 is 66.3 Å². The van der Waals surface area contributed by atoms with Gasteiger partial charge in [0.15, 0.2) is 0 Å². The van der Waals surface area contributed by atoms with Crippen molar-refractivity contribution in [2.45, 2.75) is 44.7 Å². The zero-order valence-corrected chi connectivity index (χ0v) is 33.3. The highest BCUT2D eigenvalue weighted by molar-refractivity contribution is 7.10. The van der Waals surface area contributed by atoms with Crippen molar-refractivity contribution in [2.75, 3.05) is 25.5 Å². The van der Waals surface area contributed by atoms with Crippen LogP contribution in [-0.4, -0.2) is 63.5 Å². The largest absolute Gasteiger partial charge is 1.00 e. The van der Waals surface area contributed by atoms with E-state index in [2.05, 4.69) is 20.4 Å². The number of rotatable bonds is 14. The van der Waals surface area contributed by atoms with Crippen LogP contribution in [0.4, 0.5) is 19.4 Å². The molecule has 3 aromatic heterocycles. The Kier molecular flexibility index (Phi) is 15.5. The Balaban J connectivity index is 0.00000392. The monoisotopic (exact) mass is 898 g/mol. The maximum Gasteiger partial charge on any atom is 0.418 e. The van der Waals surface area contributed by atoms with Crippen LogP contribution in [0.1, 0.15) is 52.5 Å². The molecule has 0 saturated heterocycles. The molecule has 3 atom stereocenters. The van der Waals surface area contributed by atoms with E-state index in [0.717, 1.165) is 18.2 Å². The van der Waals surface area contributed by atoms with E-state index < -0.39 is 47.4 Å². The van der Waals surface area contributed by atoms with Crippen molar-refractivity contribution in [3.63, 3.8) is 0 Å². The average Bonchev–Trinajstić information content (AvgIpc) is 3.82. The highest BCUT2D eigenvalue weighted by Gasteiger charge is 2.43. The van der Waals surface area contributed by atoms with E-state index in [1.54, 1.807) is 62.7 Å². The number of esters is 1. The molecule has 0 aliphatic rings. The fraction of sp³-hybridized carbons (Fsp3) is 0.286. The zero-order valence-electron chi connectivity index (χ0n) is 29.5. The number of likely N-dealkylation sites (N-methyl/N-ethyl adjacent to an activating group) is 1. The molecule has 0 fully saturated rings. The molecule has 5 aromatic rings. The molecule has 5 rings (SSSR count). The third-order valence-electron chi connectivity index (χ3n) is 8.33. The van der Waals surface area contributed by atoms with Gasteiger partial charge in [-0.3, -0.25) is 14.5 Å². The van der Waals surface area contributed by atoms with Gasteiger partial charge in [0, 0.05) is 58.8 Å². The van der Waals surface area contributed by atoms with Crippen LogP contribution in [0.15, 0.2) is 78.8 Å². The van der Waals surface area contributed by atoms with Crippen LogP contribution < -0.4 is 44.5 Å². The average molecular weight is 899 g/mol. The lowest BCUT2D eigenvalue weighted by molar-refractivity contribution is -0.753. The van der Waals surface area contributed by atoms with Crippen LogP contribution in [0.2, 0.25) is 0 Å². The SMILES string of the molecule is CNCC(=O)OCc1cccnc1N(C)C(=O)OC(C)[n+]1cnn(C[C@](O)(c2cc(F)ccc2F)[C@@H](C)c2nc(-c3ccc(C(N)=O)cc3)cs2)c1.Cl.[I-]. The van der Waals surface area contributed by atoms with Gasteiger partial charge in [0.05, 0.1) is 17.2 Å². The molecule has 19 heteroatoms. The molecular weight excluding hydrogens is 861 g/mol. The molecule has 2 aromatic carbocycles. The number of ether oxygens (including phenoxy) is 2. The summed E-state index contributed by atoms with van der Waals surface area (Å²) in [5.41, 5.74) is 5.04. The number of amides is 2. The predicted octanol–water partition coefficient (Wildman–Crippen LogP) is 1.24. The first-order valence-electron chi connectivity index (χ1n) is 16.0. The van der Waals surface area contributed by atoms with Gasteiger partial charge < -0.3 is 49.6 Å². The smallest absolute Gasteiger partial charge is 0.418 e. The number of carbonyl (C=O) groups excluding carboxylic acids is 3. The quantitative estimate of drug-likeness (QED) is 0.0835. The molecule has 4 N–H and O–H groups in total. The number of carbonyl (C=O) groups is 3. The Hall–Kier alpha value is -4.63. The molecule has 1 unspecified atom stereocenters. The van der Waals surface area contributed by atoms with Crippen molar-refractivity contribution in [1.82, 2.24) is 25.1 Å². The fourth-order valence-electron chi connectivity index (χ4n) is 5.34. The highest BCUT2D eigenvalue weighted by atomic mass is 127. The van der Waals surface area contributed by atoms with Gasteiger partial charge in [-0.25, -0.2) is 23.5 Å². The predicted molar refractivity (Wildman–Crippen MR) is 192 cm³/mol. The van der Waals surface area contributed by atoms with E-state index in [9.17, 15) is 23.9 Å². The number of aromatic nitrogens is 5. The first-order chi connectivity index (χ1) is 24.8. The van der Waals surface area contributed by atoms with Crippen molar-refractivity contribution in [2.24, 2.45) is 5.73 Å². The van der Waals surface area contributed by atoms with Gasteiger partial charge in [-0.05, 0) is 43.4 Å². The molecule has 0 radical (unpaired) electrons. The van der Waals surface area contributed by atoms with Gasteiger partial charge >= 0.3 is 12.1 Å². The van der Waals surface area contributed by atoms with Crippen molar-refractivity contribution >= 4 is 47.5 Å². The Bertz CT molecular complexity index is 2070. The fourth-order valence-corrected chi connectivity index (χ4v) is 6.31. The molecule has 0 spiro atoms. The molecule has 288 valence electrons. The highest BCUT2D eigenvalue weighted by Crippen LogP contribution is 2.41. The number of aliphatic hydroxyl groups is 1. The minimum Gasteiger partial charge on any atom is -1.00 e. The molecule has 14 nitrogen and oxygen atoms in total. The number of nitrogens with two attached hydrogens (primary N) is 1. The number of halogens is 4. The summed E-state index contributed by atoms with van der Waals surface area (Å²) in [6, 6.07) is 12.7. The van der Waals surface area contributed by atoms with Crippen molar-refractivity contribution in [1.29, 1.82) is 0 Å². The Labute approximate surface area is 336 Å². The molecule has 0 aliphatic heterocycles. The number of anilines is 1. The van der Waals surface area contributed by atoms with E-state index in [1.807, 2.05) is 0 Å². The second-order valence-electron chi connectivity index (χ2n) is 11.9. The first-order valence-corrected chi connectivity index (χ1v) is 16.8. The van der Waals surface area contributed by atoms with E-state index >= 15 is 4.39 Å². The molecule has 0 bridgehead atoms. The van der Waals surface area contributed by atoms with Crippen molar-refractivity contribution in [3.05, 3.63) is 112 Å². The molecule has 0 aliphatic carbocycles. The third-order valence-corrected chi connectivity index (χ3v) is 9.36. The summed E-state index contributed by atoms with van der Waals surface area (Å²) >= 11 is 1.22. The minimum absolute atomic E-state index is 0. The summed E-state index contributed by atoms with van der Waals surface area (Å²) in [7, 11) is 3.07. The lowest BCUT2D eigenvalue weighted by Crippen LogP contribution is -3.00. The number of nitrogens with one attached hydrogen (secondary N) is 1. The second-order valence-corrected chi connectivity index (χ2v) is 12.8. The minimum atomic E-state index is -2.06. The van der Waals surface area contributed by atoms with Crippen molar-refractivity contribution in [3.8, 4) is 11.3 Å². The lowest BCUT2D eigenvalue weighted by Gasteiger charge is -2.32. The number of nitrogens with zero attached hydrogens (tertiary/aromatic N) is 6. The van der Waals surface area contributed by atoms with Gasteiger partial charge in [0.2, 0.25) is 18.5 Å². The number of hydrogen-bond acceptors (Lipinski definition) is 11. The number of benzene rings is 2. The number of hydrogen-bond donors (Lipinski definition) is 3. The van der Waals surface area contributed by atoms with Crippen LogP contribution in [0.25, 0.3) is 11.3 Å². The summed E-state index contributed by atoms with van der Waals surface area (Å²) in [6.07, 6.45) is 2.61. The molecule has 2 amide bonds. The standard InChI is InChI=1S/C35H36F2N8O6S.ClH.HI/c1-21(33-42-29(17-52-33)23-7-9-24(10-8-23)31(38)47)35(49,27-14-26(36)11-12-28(27)37)18-45-20-44(19-41-45)22(2)51-34(48)43(4)32-25(6-5-13-40-32)16-50-30(46)15-39-3;;/h5-14,17,19-22,39,49H,15-16,18H2,1-4H3,(H-,38,47);2*1H/t21-,22?,35+;;/m0../s1. The third kappa shape index (κ3) is 10.1. The zero-order chi connectivity index (χ0) is 37.6. The van der Waals surface area contributed by atoms with E-state index in [4.69, 9.17) is 15.2 Å². The van der Waals surface area contributed by atoms with Gasteiger partial charge in [0.25, 0.3) is 6.33 Å². The molecule has 0 saturated carbocycles. The second kappa shape index (κ2) is 19.1. The Morgan fingerprint density at radius 1 is 1.15 bits per heavy atom. The summed E-state index contributed by atoms with van der Waals surface area (Å²) in [4.78, 5) is 46.6. The summed E-state index contributed by atoms with van der Waals surface area (Å²) in [5.74, 6) is -3.27. The lowest BCUT2D eigenvalue weighted by atomic mass is 9.82. The number of primary amides is 1.